The Morgan fingerprint density at radius 1 is 1.38 bits per heavy atom. The van der Waals surface area contributed by atoms with Gasteiger partial charge in [0, 0.05) is 19.2 Å². The molecule has 4 heteroatoms. The summed E-state index contributed by atoms with van der Waals surface area (Å²) in [4.78, 5) is 0. The van der Waals surface area contributed by atoms with Crippen molar-refractivity contribution in [3.63, 3.8) is 0 Å². The van der Waals surface area contributed by atoms with Crippen molar-refractivity contribution in [1.82, 2.24) is 5.32 Å². The molecule has 0 bridgehead atoms. The van der Waals surface area contributed by atoms with Crippen molar-refractivity contribution in [3.8, 4) is 0 Å². The van der Waals surface area contributed by atoms with E-state index in [1.54, 1.807) is 11.3 Å². The third-order valence-corrected chi connectivity index (χ3v) is 4.87. The molecule has 1 aliphatic rings. The molecular weight excluding hydrogens is 286 g/mol. The molecule has 1 fully saturated rings. The summed E-state index contributed by atoms with van der Waals surface area (Å²) in [5, 5.41) is 14.9. The Morgan fingerprint density at radius 2 is 2.12 bits per heavy atom. The van der Waals surface area contributed by atoms with E-state index in [0.29, 0.717) is 18.6 Å². The average molecular weight is 304 g/mol. The standard InChI is InChI=1S/C12H18BrNOS/c13-12-5-10(8-16-12)6-14-11-3-1-9(7-15)2-4-11/h5,8-9,11,14-15H,1-4,6-7H2. The van der Waals surface area contributed by atoms with Crippen molar-refractivity contribution in [2.75, 3.05) is 6.61 Å². The molecule has 0 radical (unpaired) electrons. The summed E-state index contributed by atoms with van der Waals surface area (Å²) in [7, 11) is 0. The molecule has 0 aliphatic heterocycles. The minimum atomic E-state index is 0.365. The van der Waals surface area contributed by atoms with E-state index in [1.165, 1.54) is 35.0 Å². The van der Waals surface area contributed by atoms with Crippen molar-refractivity contribution in [3.05, 3.63) is 20.8 Å². The number of aliphatic hydroxyl groups excluding tert-OH is 1. The molecule has 0 aromatic carbocycles. The van der Waals surface area contributed by atoms with Crippen LogP contribution < -0.4 is 5.32 Å². The van der Waals surface area contributed by atoms with Crippen LogP contribution in [-0.2, 0) is 6.54 Å². The Kier molecular flexibility index (Phi) is 4.82. The van der Waals surface area contributed by atoms with Gasteiger partial charge >= 0.3 is 0 Å². The normalized spacial score (nSPS) is 25.9. The van der Waals surface area contributed by atoms with Crippen molar-refractivity contribution >= 4 is 27.3 Å². The smallest absolute Gasteiger partial charge is 0.0701 e. The maximum absolute atomic E-state index is 9.06. The highest BCUT2D eigenvalue weighted by molar-refractivity contribution is 9.11. The second kappa shape index (κ2) is 6.15. The summed E-state index contributed by atoms with van der Waals surface area (Å²) in [6.45, 7) is 1.33. The van der Waals surface area contributed by atoms with Crippen LogP contribution >= 0.6 is 27.3 Å². The van der Waals surface area contributed by atoms with Crippen LogP contribution in [0.25, 0.3) is 0 Å². The molecule has 1 saturated carbocycles. The SMILES string of the molecule is OCC1CCC(NCc2csc(Br)c2)CC1. The highest BCUT2D eigenvalue weighted by Gasteiger charge is 2.19. The first-order chi connectivity index (χ1) is 7.78. The van der Waals surface area contributed by atoms with Gasteiger partial charge in [-0.2, -0.15) is 0 Å². The lowest BCUT2D eigenvalue weighted by atomic mass is 9.86. The minimum Gasteiger partial charge on any atom is -0.396 e. The van der Waals surface area contributed by atoms with Crippen LogP contribution in [0.4, 0.5) is 0 Å². The minimum absolute atomic E-state index is 0.365. The van der Waals surface area contributed by atoms with E-state index >= 15 is 0 Å². The number of halogens is 1. The van der Waals surface area contributed by atoms with Gasteiger partial charge in [-0.25, -0.2) is 0 Å². The quantitative estimate of drug-likeness (QED) is 0.895. The van der Waals surface area contributed by atoms with Crippen LogP contribution in [0, 0.1) is 5.92 Å². The molecule has 0 unspecified atom stereocenters. The van der Waals surface area contributed by atoms with E-state index in [9.17, 15) is 0 Å². The van der Waals surface area contributed by atoms with Crippen LogP contribution in [-0.4, -0.2) is 17.8 Å². The third kappa shape index (κ3) is 3.55. The molecule has 1 aliphatic carbocycles. The Hall–Kier alpha value is 0.100. The summed E-state index contributed by atoms with van der Waals surface area (Å²) in [6.07, 6.45) is 4.75. The third-order valence-electron chi connectivity index (χ3n) is 3.32. The van der Waals surface area contributed by atoms with Crippen molar-refractivity contribution in [2.45, 2.75) is 38.3 Å². The van der Waals surface area contributed by atoms with Crippen LogP contribution in [0.2, 0.25) is 0 Å². The molecule has 2 nitrogen and oxygen atoms in total. The van der Waals surface area contributed by atoms with E-state index in [0.717, 1.165) is 6.54 Å². The van der Waals surface area contributed by atoms with Gasteiger partial charge in [0.2, 0.25) is 0 Å². The van der Waals surface area contributed by atoms with Crippen molar-refractivity contribution in [1.29, 1.82) is 0 Å². The molecule has 1 heterocycles. The maximum atomic E-state index is 9.06. The fourth-order valence-electron chi connectivity index (χ4n) is 2.25. The molecule has 90 valence electrons. The van der Waals surface area contributed by atoms with Gasteiger partial charge in [-0.3, -0.25) is 0 Å². The van der Waals surface area contributed by atoms with Crippen LogP contribution in [0.15, 0.2) is 15.2 Å². The lowest BCUT2D eigenvalue weighted by Crippen LogP contribution is -2.33. The largest absolute Gasteiger partial charge is 0.396 e. The van der Waals surface area contributed by atoms with E-state index in [-0.39, 0.29) is 0 Å². The Bertz CT molecular complexity index is 321. The Labute approximate surface area is 109 Å². The predicted octanol–water partition coefficient (Wildman–Crippen LogP) is 3.15. The summed E-state index contributed by atoms with van der Waals surface area (Å²) in [6, 6.07) is 2.82. The van der Waals surface area contributed by atoms with Gasteiger partial charge < -0.3 is 10.4 Å². The predicted molar refractivity (Wildman–Crippen MR) is 71.7 cm³/mol. The monoisotopic (exact) mass is 303 g/mol. The molecule has 16 heavy (non-hydrogen) atoms. The van der Waals surface area contributed by atoms with Gasteiger partial charge in [-0.15, -0.1) is 11.3 Å². The highest BCUT2D eigenvalue weighted by atomic mass is 79.9. The summed E-state index contributed by atoms with van der Waals surface area (Å²) in [5.74, 6) is 0.549. The van der Waals surface area contributed by atoms with E-state index in [2.05, 4.69) is 32.7 Å². The fraction of sp³-hybridized carbons (Fsp3) is 0.667. The van der Waals surface area contributed by atoms with Crippen LogP contribution in [0.3, 0.4) is 0 Å². The average Bonchev–Trinajstić information content (AvgIpc) is 2.73. The fourth-order valence-corrected chi connectivity index (χ4v) is 3.46. The topological polar surface area (TPSA) is 32.3 Å². The summed E-state index contributed by atoms with van der Waals surface area (Å²) < 4.78 is 1.20. The van der Waals surface area contributed by atoms with Crippen molar-refractivity contribution < 1.29 is 5.11 Å². The van der Waals surface area contributed by atoms with E-state index in [4.69, 9.17) is 5.11 Å². The molecule has 2 N–H and O–H groups in total. The first kappa shape index (κ1) is 12.6. The Morgan fingerprint density at radius 3 is 2.69 bits per heavy atom. The molecule has 1 aromatic rings. The molecule has 1 aromatic heterocycles. The first-order valence-electron chi connectivity index (χ1n) is 5.85. The second-order valence-corrected chi connectivity index (χ2v) is 6.83. The highest BCUT2D eigenvalue weighted by Crippen LogP contribution is 2.25. The second-order valence-electron chi connectivity index (χ2n) is 4.54. The Balaban J connectivity index is 1.71. The zero-order chi connectivity index (χ0) is 11.4. The van der Waals surface area contributed by atoms with Gasteiger partial charge in [0.1, 0.15) is 0 Å². The molecule has 0 saturated heterocycles. The van der Waals surface area contributed by atoms with Gasteiger partial charge in [0.15, 0.2) is 0 Å². The van der Waals surface area contributed by atoms with Gasteiger partial charge in [-0.05, 0) is 64.5 Å². The molecule has 0 amide bonds. The molecule has 0 spiro atoms. The zero-order valence-corrected chi connectivity index (χ0v) is 11.7. The first-order valence-corrected chi connectivity index (χ1v) is 7.52. The molecule has 2 rings (SSSR count). The zero-order valence-electron chi connectivity index (χ0n) is 9.29. The summed E-state index contributed by atoms with van der Waals surface area (Å²) in [5.41, 5.74) is 1.36. The number of hydrogen-bond donors (Lipinski definition) is 2. The van der Waals surface area contributed by atoms with E-state index in [1.807, 2.05) is 0 Å². The lowest BCUT2D eigenvalue weighted by Gasteiger charge is -2.27. The van der Waals surface area contributed by atoms with Crippen LogP contribution in [0.5, 0.6) is 0 Å². The van der Waals surface area contributed by atoms with Crippen LogP contribution in [0.1, 0.15) is 31.2 Å². The number of hydrogen-bond acceptors (Lipinski definition) is 3. The van der Waals surface area contributed by atoms with Gasteiger partial charge in [0.05, 0.1) is 3.79 Å². The summed E-state index contributed by atoms with van der Waals surface area (Å²) >= 11 is 5.22. The van der Waals surface area contributed by atoms with Gasteiger partial charge in [0.25, 0.3) is 0 Å². The number of rotatable bonds is 4. The molecular formula is C12H18BrNOS. The number of aliphatic hydroxyl groups is 1. The maximum Gasteiger partial charge on any atom is 0.0701 e. The number of thiophene rings is 1. The molecule has 0 atom stereocenters. The lowest BCUT2D eigenvalue weighted by molar-refractivity contribution is 0.175. The van der Waals surface area contributed by atoms with Crippen molar-refractivity contribution in [2.24, 2.45) is 5.92 Å². The number of nitrogens with one attached hydrogen (secondary N) is 1. The van der Waals surface area contributed by atoms with Gasteiger partial charge in [-0.1, -0.05) is 0 Å². The van der Waals surface area contributed by atoms with E-state index < -0.39 is 0 Å².